The maximum Gasteiger partial charge on any atom is 0.220 e. The molecule has 1 aromatic rings. The first-order valence-electron chi connectivity index (χ1n) is 6.77. The largest absolute Gasteiger partial charge is 0.386 e. The molecule has 1 aromatic carbocycles. The molecule has 3 nitrogen and oxygen atoms in total. The van der Waals surface area contributed by atoms with Crippen molar-refractivity contribution in [3.8, 4) is 0 Å². The molecule has 0 saturated heterocycles. The Kier molecular flexibility index (Phi) is 7.10. The van der Waals surface area contributed by atoms with Crippen LogP contribution in [-0.2, 0) is 4.79 Å². The zero-order valence-corrected chi connectivity index (χ0v) is 13.1. The van der Waals surface area contributed by atoms with E-state index in [0.717, 1.165) is 29.3 Å². The van der Waals surface area contributed by atoms with Crippen molar-refractivity contribution in [1.82, 2.24) is 5.32 Å². The Morgan fingerprint density at radius 3 is 2.53 bits per heavy atom. The molecule has 0 saturated carbocycles. The summed E-state index contributed by atoms with van der Waals surface area (Å²) in [5.41, 5.74) is 0.810. The van der Waals surface area contributed by atoms with E-state index >= 15 is 0 Å². The lowest BCUT2D eigenvalue weighted by Gasteiger charge is -2.20. The number of halogens is 1. The first kappa shape index (κ1) is 16.2. The minimum absolute atomic E-state index is 0.0112. The van der Waals surface area contributed by atoms with Gasteiger partial charge in [-0.15, -0.1) is 0 Å². The molecule has 0 bridgehead atoms. The van der Waals surface area contributed by atoms with Crippen molar-refractivity contribution < 1.29 is 9.90 Å². The van der Waals surface area contributed by atoms with Crippen molar-refractivity contribution in [3.05, 3.63) is 34.3 Å². The molecule has 0 fully saturated rings. The Morgan fingerprint density at radius 2 is 1.95 bits per heavy atom. The van der Waals surface area contributed by atoms with Gasteiger partial charge in [0.2, 0.25) is 5.91 Å². The number of benzene rings is 1. The summed E-state index contributed by atoms with van der Waals surface area (Å²) in [6.45, 7) is 3.93. The standard InChI is InChI=1S/C15H22BrNO2/c1-3-4-5-6-14(18)17-11(2)15(19)12-7-9-13(16)10-8-12/h7-11,15,19H,3-6H2,1-2H3,(H,17,18). The average molecular weight is 328 g/mol. The summed E-state index contributed by atoms with van der Waals surface area (Å²) >= 11 is 3.36. The molecule has 0 radical (unpaired) electrons. The highest BCUT2D eigenvalue weighted by Gasteiger charge is 2.17. The van der Waals surface area contributed by atoms with Gasteiger partial charge in [-0.2, -0.15) is 0 Å². The van der Waals surface area contributed by atoms with Crippen LogP contribution in [0.1, 0.15) is 51.2 Å². The number of nitrogens with one attached hydrogen (secondary N) is 1. The number of aliphatic hydroxyl groups excluding tert-OH is 1. The van der Waals surface area contributed by atoms with Gasteiger partial charge in [0.1, 0.15) is 0 Å². The first-order valence-corrected chi connectivity index (χ1v) is 7.56. The zero-order valence-electron chi connectivity index (χ0n) is 11.5. The van der Waals surface area contributed by atoms with Crippen LogP contribution in [0.15, 0.2) is 28.7 Å². The van der Waals surface area contributed by atoms with Crippen molar-refractivity contribution in [2.24, 2.45) is 0 Å². The van der Waals surface area contributed by atoms with Crippen LogP contribution < -0.4 is 5.32 Å². The van der Waals surface area contributed by atoms with Crippen LogP contribution in [0.2, 0.25) is 0 Å². The minimum atomic E-state index is -0.678. The van der Waals surface area contributed by atoms with E-state index in [0.29, 0.717) is 6.42 Å². The number of carbonyl (C=O) groups excluding carboxylic acids is 1. The molecule has 19 heavy (non-hydrogen) atoms. The molecule has 2 N–H and O–H groups in total. The van der Waals surface area contributed by atoms with E-state index in [9.17, 15) is 9.90 Å². The second kappa shape index (κ2) is 8.33. The van der Waals surface area contributed by atoms with Gasteiger partial charge < -0.3 is 10.4 Å². The fraction of sp³-hybridized carbons (Fsp3) is 0.533. The fourth-order valence-electron chi connectivity index (χ4n) is 1.89. The van der Waals surface area contributed by atoms with Crippen LogP contribution in [0.5, 0.6) is 0 Å². The number of amides is 1. The topological polar surface area (TPSA) is 49.3 Å². The molecule has 1 rings (SSSR count). The van der Waals surface area contributed by atoms with E-state index in [-0.39, 0.29) is 11.9 Å². The van der Waals surface area contributed by atoms with E-state index < -0.39 is 6.10 Å². The van der Waals surface area contributed by atoms with Crippen LogP contribution in [0, 0.1) is 0 Å². The molecule has 0 heterocycles. The maximum atomic E-state index is 11.7. The molecule has 106 valence electrons. The van der Waals surface area contributed by atoms with Crippen molar-refractivity contribution in [2.75, 3.05) is 0 Å². The summed E-state index contributed by atoms with van der Waals surface area (Å²) in [7, 11) is 0. The van der Waals surface area contributed by atoms with Crippen LogP contribution >= 0.6 is 15.9 Å². The monoisotopic (exact) mass is 327 g/mol. The maximum absolute atomic E-state index is 11.7. The van der Waals surface area contributed by atoms with Gasteiger partial charge in [-0.3, -0.25) is 4.79 Å². The van der Waals surface area contributed by atoms with Gasteiger partial charge >= 0.3 is 0 Å². The van der Waals surface area contributed by atoms with Gasteiger partial charge in [-0.05, 0) is 31.0 Å². The second-order valence-corrected chi connectivity index (χ2v) is 5.73. The average Bonchev–Trinajstić information content (AvgIpc) is 2.39. The smallest absolute Gasteiger partial charge is 0.220 e. The van der Waals surface area contributed by atoms with Gasteiger partial charge in [-0.1, -0.05) is 47.8 Å². The predicted molar refractivity (Wildman–Crippen MR) is 80.8 cm³/mol. The third kappa shape index (κ3) is 5.74. The summed E-state index contributed by atoms with van der Waals surface area (Å²) in [6, 6.07) is 7.20. The fourth-order valence-corrected chi connectivity index (χ4v) is 2.15. The molecular formula is C15H22BrNO2. The van der Waals surface area contributed by atoms with Gasteiger partial charge in [-0.25, -0.2) is 0 Å². The Morgan fingerprint density at radius 1 is 1.32 bits per heavy atom. The number of carbonyl (C=O) groups is 1. The Bertz CT molecular complexity index is 392. The molecule has 4 heteroatoms. The van der Waals surface area contributed by atoms with Gasteiger partial charge in [0.05, 0.1) is 12.1 Å². The van der Waals surface area contributed by atoms with E-state index in [1.807, 2.05) is 31.2 Å². The lowest BCUT2D eigenvalue weighted by molar-refractivity contribution is -0.122. The molecule has 0 aromatic heterocycles. The van der Waals surface area contributed by atoms with Crippen LogP contribution in [0.4, 0.5) is 0 Å². The quantitative estimate of drug-likeness (QED) is 0.752. The first-order chi connectivity index (χ1) is 9.04. The van der Waals surface area contributed by atoms with E-state index in [4.69, 9.17) is 0 Å². The molecule has 1 amide bonds. The highest BCUT2D eigenvalue weighted by atomic mass is 79.9. The SMILES string of the molecule is CCCCCC(=O)NC(C)C(O)c1ccc(Br)cc1. The third-order valence-electron chi connectivity index (χ3n) is 3.08. The summed E-state index contributed by atoms with van der Waals surface area (Å²) in [5, 5.41) is 13.0. The summed E-state index contributed by atoms with van der Waals surface area (Å²) in [4.78, 5) is 11.7. The Balaban J connectivity index is 2.46. The summed E-state index contributed by atoms with van der Waals surface area (Å²) in [5.74, 6) is 0.0112. The van der Waals surface area contributed by atoms with E-state index in [1.165, 1.54) is 0 Å². The summed E-state index contributed by atoms with van der Waals surface area (Å²) < 4.78 is 0.972. The van der Waals surface area contributed by atoms with Crippen LogP contribution in [0.3, 0.4) is 0 Å². The lowest BCUT2D eigenvalue weighted by Crippen LogP contribution is -2.36. The number of aliphatic hydroxyl groups is 1. The summed E-state index contributed by atoms with van der Waals surface area (Å²) in [6.07, 6.45) is 2.93. The van der Waals surface area contributed by atoms with Crippen molar-refractivity contribution in [3.63, 3.8) is 0 Å². The molecule has 0 aliphatic carbocycles. The highest BCUT2D eigenvalue weighted by Crippen LogP contribution is 2.19. The highest BCUT2D eigenvalue weighted by molar-refractivity contribution is 9.10. The van der Waals surface area contributed by atoms with Crippen LogP contribution in [0.25, 0.3) is 0 Å². The predicted octanol–water partition coefficient (Wildman–Crippen LogP) is 3.57. The molecule has 0 aliphatic rings. The van der Waals surface area contributed by atoms with Crippen molar-refractivity contribution >= 4 is 21.8 Å². The number of hydrogen-bond donors (Lipinski definition) is 2. The second-order valence-electron chi connectivity index (χ2n) is 4.81. The molecule has 0 aliphatic heterocycles. The minimum Gasteiger partial charge on any atom is -0.386 e. The number of hydrogen-bond acceptors (Lipinski definition) is 2. The normalized spacial score (nSPS) is 13.9. The van der Waals surface area contributed by atoms with Gasteiger partial charge in [0, 0.05) is 10.9 Å². The molecular weight excluding hydrogens is 306 g/mol. The van der Waals surface area contributed by atoms with Crippen molar-refractivity contribution in [2.45, 2.75) is 51.7 Å². The zero-order chi connectivity index (χ0) is 14.3. The van der Waals surface area contributed by atoms with Crippen LogP contribution in [-0.4, -0.2) is 17.1 Å². The Hall–Kier alpha value is -0.870. The van der Waals surface area contributed by atoms with Gasteiger partial charge in [0.25, 0.3) is 0 Å². The van der Waals surface area contributed by atoms with Gasteiger partial charge in [0.15, 0.2) is 0 Å². The molecule has 2 unspecified atom stereocenters. The van der Waals surface area contributed by atoms with E-state index in [1.54, 1.807) is 0 Å². The molecule has 0 spiro atoms. The van der Waals surface area contributed by atoms with Crippen molar-refractivity contribution in [1.29, 1.82) is 0 Å². The van der Waals surface area contributed by atoms with E-state index in [2.05, 4.69) is 28.2 Å². The lowest BCUT2D eigenvalue weighted by atomic mass is 10.0. The third-order valence-corrected chi connectivity index (χ3v) is 3.61. The molecule has 2 atom stereocenters. The number of unbranched alkanes of at least 4 members (excludes halogenated alkanes) is 2. The Labute approximate surface area is 123 Å². The number of rotatable bonds is 7.